The first-order valence-corrected chi connectivity index (χ1v) is 9.77. The minimum absolute atomic E-state index is 0.159. The third-order valence-electron chi connectivity index (χ3n) is 3.72. The molecule has 0 aliphatic heterocycles. The van der Waals surface area contributed by atoms with Crippen LogP contribution in [0, 0.1) is 13.8 Å². The first-order chi connectivity index (χ1) is 11.8. The lowest BCUT2D eigenvalue weighted by molar-refractivity contribution is 0.252. The van der Waals surface area contributed by atoms with Crippen molar-refractivity contribution in [1.29, 1.82) is 0 Å². The highest BCUT2D eigenvalue weighted by atomic mass is 32.2. The van der Waals surface area contributed by atoms with Crippen molar-refractivity contribution in [3.63, 3.8) is 0 Å². The Balaban J connectivity index is 2.03. The van der Waals surface area contributed by atoms with E-state index >= 15 is 0 Å². The Labute approximate surface area is 148 Å². The van der Waals surface area contributed by atoms with E-state index in [2.05, 4.69) is 10.6 Å². The Kier molecular flexibility index (Phi) is 6.03. The van der Waals surface area contributed by atoms with E-state index in [0.29, 0.717) is 11.4 Å². The monoisotopic (exact) mass is 361 g/mol. The first kappa shape index (κ1) is 18.8. The van der Waals surface area contributed by atoms with Crippen molar-refractivity contribution >= 4 is 27.4 Å². The number of amides is 2. The van der Waals surface area contributed by atoms with E-state index in [1.54, 1.807) is 12.1 Å². The third kappa shape index (κ3) is 5.22. The van der Waals surface area contributed by atoms with E-state index in [-0.39, 0.29) is 19.1 Å². The molecule has 2 N–H and O–H groups in total. The lowest BCUT2D eigenvalue weighted by Gasteiger charge is -2.26. The van der Waals surface area contributed by atoms with Gasteiger partial charge >= 0.3 is 6.03 Å². The van der Waals surface area contributed by atoms with Gasteiger partial charge in [0.15, 0.2) is 0 Å². The number of hydrogen-bond donors (Lipinski definition) is 2. The molecule has 6 nitrogen and oxygen atoms in total. The normalized spacial score (nSPS) is 11.0. The Bertz CT molecular complexity index is 816. The van der Waals surface area contributed by atoms with Crippen LogP contribution in [0.15, 0.2) is 48.5 Å². The van der Waals surface area contributed by atoms with E-state index in [1.165, 1.54) is 10.6 Å². The maximum absolute atomic E-state index is 12.2. The molecule has 0 saturated carbocycles. The fourth-order valence-electron chi connectivity index (χ4n) is 2.61. The fraction of sp³-hybridized carbons (Fsp3) is 0.278. The van der Waals surface area contributed by atoms with Gasteiger partial charge in [-0.2, -0.15) is 0 Å². The predicted molar refractivity (Wildman–Crippen MR) is 102 cm³/mol. The summed E-state index contributed by atoms with van der Waals surface area (Å²) in [5.74, 6) is 0. The van der Waals surface area contributed by atoms with Crippen LogP contribution in [0.1, 0.15) is 11.1 Å². The SMILES string of the molecule is Cc1cccc(C)c1N(CCNC(=O)Nc1ccccc1)S(C)(=O)=O. The van der Waals surface area contributed by atoms with Crippen LogP contribution in [0.25, 0.3) is 0 Å². The van der Waals surface area contributed by atoms with Gasteiger partial charge in [-0.05, 0) is 37.1 Å². The standard InChI is InChI=1S/C18H23N3O3S/c1-14-8-7-9-15(2)17(14)21(25(3,23)24)13-12-19-18(22)20-16-10-5-4-6-11-16/h4-11H,12-13H2,1-3H3,(H2,19,20,22). The van der Waals surface area contributed by atoms with Crippen LogP contribution in [0.3, 0.4) is 0 Å². The van der Waals surface area contributed by atoms with Crippen LogP contribution in [0.5, 0.6) is 0 Å². The van der Waals surface area contributed by atoms with E-state index < -0.39 is 10.0 Å². The third-order valence-corrected chi connectivity index (χ3v) is 4.89. The summed E-state index contributed by atoms with van der Waals surface area (Å²) in [6.07, 6.45) is 1.17. The largest absolute Gasteiger partial charge is 0.336 e. The van der Waals surface area contributed by atoms with Crippen molar-refractivity contribution < 1.29 is 13.2 Å². The Morgan fingerprint density at radius 3 is 2.16 bits per heavy atom. The average Bonchev–Trinajstić information content (AvgIpc) is 2.53. The molecule has 2 rings (SSSR count). The number of para-hydroxylation sites is 2. The van der Waals surface area contributed by atoms with Gasteiger partial charge in [-0.3, -0.25) is 4.31 Å². The van der Waals surface area contributed by atoms with Gasteiger partial charge in [-0.25, -0.2) is 13.2 Å². The number of sulfonamides is 1. The Morgan fingerprint density at radius 1 is 1.00 bits per heavy atom. The van der Waals surface area contributed by atoms with Crippen LogP contribution in [0.4, 0.5) is 16.2 Å². The number of hydrogen-bond acceptors (Lipinski definition) is 3. The number of benzene rings is 2. The van der Waals surface area contributed by atoms with Crippen LogP contribution in [-0.4, -0.2) is 33.8 Å². The average molecular weight is 361 g/mol. The maximum Gasteiger partial charge on any atom is 0.319 e. The first-order valence-electron chi connectivity index (χ1n) is 7.93. The highest BCUT2D eigenvalue weighted by molar-refractivity contribution is 7.92. The van der Waals surface area contributed by atoms with Crippen molar-refractivity contribution in [3.8, 4) is 0 Å². The van der Waals surface area contributed by atoms with Gasteiger partial charge < -0.3 is 10.6 Å². The van der Waals surface area contributed by atoms with Gasteiger partial charge in [0.05, 0.1) is 18.5 Å². The van der Waals surface area contributed by atoms with Crippen LogP contribution < -0.4 is 14.9 Å². The summed E-state index contributed by atoms with van der Waals surface area (Å²) in [6.45, 7) is 4.10. The smallest absolute Gasteiger partial charge is 0.319 e. The lowest BCUT2D eigenvalue weighted by Crippen LogP contribution is -2.40. The number of rotatable bonds is 6. The van der Waals surface area contributed by atoms with Crippen molar-refractivity contribution in [2.24, 2.45) is 0 Å². The molecule has 2 aromatic carbocycles. The molecular weight excluding hydrogens is 338 g/mol. The summed E-state index contributed by atoms with van der Waals surface area (Å²) in [5.41, 5.74) is 3.09. The van der Waals surface area contributed by atoms with Crippen LogP contribution in [0.2, 0.25) is 0 Å². The molecule has 25 heavy (non-hydrogen) atoms. The summed E-state index contributed by atoms with van der Waals surface area (Å²) in [5, 5.41) is 5.39. The molecule has 0 aliphatic carbocycles. The van der Waals surface area contributed by atoms with Gasteiger partial charge in [-0.1, -0.05) is 36.4 Å². The van der Waals surface area contributed by atoms with E-state index in [4.69, 9.17) is 0 Å². The minimum atomic E-state index is -3.46. The molecular formula is C18H23N3O3S. The zero-order valence-electron chi connectivity index (χ0n) is 14.6. The minimum Gasteiger partial charge on any atom is -0.336 e. The highest BCUT2D eigenvalue weighted by Gasteiger charge is 2.20. The summed E-state index contributed by atoms with van der Waals surface area (Å²) in [7, 11) is -3.46. The van der Waals surface area contributed by atoms with Crippen LogP contribution in [-0.2, 0) is 10.0 Å². The number of nitrogens with zero attached hydrogens (tertiary/aromatic N) is 1. The molecule has 0 saturated heterocycles. The molecule has 7 heteroatoms. The molecule has 0 aromatic heterocycles. The quantitative estimate of drug-likeness (QED) is 0.830. The Hall–Kier alpha value is -2.54. The zero-order chi connectivity index (χ0) is 18.4. The second kappa shape index (κ2) is 8.02. The van der Waals surface area contributed by atoms with E-state index in [1.807, 2.05) is 50.2 Å². The zero-order valence-corrected chi connectivity index (χ0v) is 15.4. The highest BCUT2D eigenvalue weighted by Crippen LogP contribution is 2.26. The van der Waals surface area contributed by atoms with Gasteiger partial charge in [0.25, 0.3) is 0 Å². The number of carbonyl (C=O) groups is 1. The van der Waals surface area contributed by atoms with E-state index in [9.17, 15) is 13.2 Å². The molecule has 0 atom stereocenters. The molecule has 0 heterocycles. The number of urea groups is 1. The summed E-state index contributed by atoms with van der Waals surface area (Å²) in [6, 6.07) is 14.3. The topological polar surface area (TPSA) is 78.5 Å². The van der Waals surface area contributed by atoms with Gasteiger partial charge in [-0.15, -0.1) is 0 Å². The van der Waals surface area contributed by atoms with Crippen molar-refractivity contribution in [1.82, 2.24) is 5.32 Å². The molecule has 134 valence electrons. The molecule has 0 radical (unpaired) electrons. The molecule has 0 fully saturated rings. The second-order valence-electron chi connectivity index (χ2n) is 5.82. The predicted octanol–water partition coefficient (Wildman–Crippen LogP) is 2.89. The summed E-state index contributed by atoms with van der Waals surface area (Å²) in [4.78, 5) is 11.9. The molecule has 2 amide bonds. The molecule has 0 aliphatic rings. The fourth-order valence-corrected chi connectivity index (χ4v) is 3.65. The second-order valence-corrected chi connectivity index (χ2v) is 7.73. The van der Waals surface area contributed by atoms with Crippen molar-refractivity contribution in [3.05, 3.63) is 59.7 Å². The maximum atomic E-state index is 12.2. The van der Waals surface area contributed by atoms with Crippen LogP contribution >= 0.6 is 0 Å². The van der Waals surface area contributed by atoms with Gasteiger partial charge in [0.1, 0.15) is 0 Å². The van der Waals surface area contributed by atoms with Crippen molar-refractivity contribution in [2.75, 3.05) is 29.0 Å². The number of aryl methyl sites for hydroxylation is 2. The van der Waals surface area contributed by atoms with Crippen molar-refractivity contribution in [2.45, 2.75) is 13.8 Å². The number of carbonyl (C=O) groups excluding carboxylic acids is 1. The molecule has 0 spiro atoms. The molecule has 0 bridgehead atoms. The van der Waals surface area contributed by atoms with E-state index in [0.717, 1.165) is 11.1 Å². The summed E-state index contributed by atoms with van der Waals surface area (Å²) < 4.78 is 25.7. The molecule has 0 unspecified atom stereocenters. The molecule has 2 aromatic rings. The summed E-state index contributed by atoms with van der Waals surface area (Å²) >= 11 is 0. The van der Waals surface area contributed by atoms with Gasteiger partial charge in [0, 0.05) is 12.2 Å². The number of anilines is 2. The van der Waals surface area contributed by atoms with Gasteiger partial charge in [0.2, 0.25) is 10.0 Å². The Morgan fingerprint density at radius 2 is 1.60 bits per heavy atom. The number of nitrogens with one attached hydrogen (secondary N) is 2. The lowest BCUT2D eigenvalue weighted by atomic mass is 10.1.